The van der Waals surface area contributed by atoms with Crippen LogP contribution < -0.4 is 10.1 Å². The van der Waals surface area contributed by atoms with Crippen molar-refractivity contribution in [3.8, 4) is 5.75 Å². The van der Waals surface area contributed by atoms with Crippen molar-refractivity contribution >= 4 is 27.9 Å². The number of benzene rings is 1. The van der Waals surface area contributed by atoms with Gasteiger partial charge in [0.1, 0.15) is 18.6 Å². The summed E-state index contributed by atoms with van der Waals surface area (Å²) in [6.07, 6.45) is 1.56. The molecule has 0 amide bonds. The fourth-order valence-corrected chi connectivity index (χ4v) is 2.84. The lowest BCUT2D eigenvalue weighted by Gasteiger charge is -2.14. The van der Waals surface area contributed by atoms with E-state index >= 15 is 0 Å². The third-order valence-corrected chi connectivity index (χ3v) is 3.93. The number of nitrogens with one attached hydrogen (secondary N) is 1. The van der Waals surface area contributed by atoms with Crippen LogP contribution in [0.3, 0.4) is 0 Å². The molecule has 0 aliphatic heterocycles. The van der Waals surface area contributed by atoms with Gasteiger partial charge in [-0.3, -0.25) is 0 Å². The Balaban J connectivity index is 1.71. The highest BCUT2D eigenvalue weighted by Gasteiger charge is 2.24. The first-order chi connectivity index (χ1) is 11.5. The molecule has 1 unspecified atom stereocenters. The molecular weight excluding hydrogens is 342 g/mol. The van der Waals surface area contributed by atoms with Crippen LogP contribution in [0.15, 0.2) is 29.8 Å². The molecule has 24 heavy (non-hydrogen) atoms. The minimum Gasteiger partial charge on any atom is -0.488 e. The number of thiazole rings is 1. The molecule has 0 fully saturated rings. The van der Waals surface area contributed by atoms with Crippen LogP contribution in [-0.2, 0) is 0 Å². The third-order valence-electron chi connectivity index (χ3n) is 3.18. The summed E-state index contributed by atoms with van der Waals surface area (Å²) < 4.78 is 33.0. The Morgan fingerprint density at radius 1 is 1.50 bits per heavy atom. The number of anilines is 1. The first kappa shape index (κ1) is 16.1. The SMILES string of the molecule is CC(COc1ccc(F)cc1F)Nc1nc2sccn2c1[N+](=O)[O-]. The molecule has 1 N–H and O–H groups in total. The Hall–Kier alpha value is -2.75. The fraction of sp³-hybridized carbons (Fsp3) is 0.214. The Morgan fingerprint density at radius 2 is 2.29 bits per heavy atom. The normalized spacial score (nSPS) is 12.3. The molecule has 1 aromatic carbocycles. The minimum atomic E-state index is -0.810. The van der Waals surface area contributed by atoms with Gasteiger partial charge in [-0.1, -0.05) is 11.3 Å². The van der Waals surface area contributed by atoms with E-state index in [-0.39, 0.29) is 24.0 Å². The van der Waals surface area contributed by atoms with E-state index in [1.807, 2.05) is 0 Å². The number of imidazole rings is 1. The Morgan fingerprint density at radius 3 is 3.00 bits per heavy atom. The molecule has 2 heterocycles. The summed E-state index contributed by atoms with van der Waals surface area (Å²) in [6.45, 7) is 1.73. The van der Waals surface area contributed by atoms with Crippen molar-refractivity contribution in [2.24, 2.45) is 0 Å². The van der Waals surface area contributed by atoms with Crippen LogP contribution in [0.5, 0.6) is 5.75 Å². The van der Waals surface area contributed by atoms with E-state index in [1.54, 1.807) is 18.5 Å². The lowest BCUT2D eigenvalue weighted by Crippen LogP contribution is -2.24. The summed E-state index contributed by atoms with van der Waals surface area (Å²) in [5.74, 6) is -1.66. The molecule has 126 valence electrons. The van der Waals surface area contributed by atoms with Crippen molar-refractivity contribution in [1.29, 1.82) is 0 Å². The van der Waals surface area contributed by atoms with Gasteiger partial charge in [-0.25, -0.2) is 8.78 Å². The molecule has 0 bridgehead atoms. The first-order valence-corrected chi connectivity index (χ1v) is 7.78. The second-order valence-electron chi connectivity index (χ2n) is 5.03. The van der Waals surface area contributed by atoms with Gasteiger partial charge in [0.05, 0.1) is 6.04 Å². The lowest BCUT2D eigenvalue weighted by atomic mass is 10.3. The van der Waals surface area contributed by atoms with Gasteiger partial charge in [-0.2, -0.15) is 9.38 Å². The molecular formula is C14H12F2N4O3S. The van der Waals surface area contributed by atoms with E-state index in [2.05, 4.69) is 10.3 Å². The maximum Gasteiger partial charge on any atom is 0.372 e. The van der Waals surface area contributed by atoms with Crippen LogP contribution in [0.4, 0.5) is 20.4 Å². The van der Waals surface area contributed by atoms with Gasteiger partial charge < -0.3 is 20.2 Å². The average molecular weight is 354 g/mol. The zero-order chi connectivity index (χ0) is 17.3. The van der Waals surface area contributed by atoms with Gasteiger partial charge in [0.25, 0.3) is 4.96 Å². The van der Waals surface area contributed by atoms with Gasteiger partial charge >= 0.3 is 5.82 Å². The molecule has 0 aliphatic carbocycles. The van der Waals surface area contributed by atoms with E-state index in [9.17, 15) is 18.9 Å². The average Bonchev–Trinajstić information content (AvgIpc) is 3.06. The maximum atomic E-state index is 13.5. The molecule has 2 aromatic heterocycles. The van der Waals surface area contributed by atoms with Gasteiger partial charge in [-0.05, 0) is 24.0 Å². The molecule has 0 saturated heterocycles. The summed E-state index contributed by atoms with van der Waals surface area (Å²) in [7, 11) is 0. The highest BCUT2D eigenvalue weighted by atomic mass is 32.1. The molecule has 0 radical (unpaired) electrons. The van der Waals surface area contributed by atoms with Crippen LogP contribution in [-0.4, -0.2) is 27.0 Å². The summed E-state index contributed by atoms with van der Waals surface area (Å²) in [5.41, 5.74) is 0. The number of rotatable bonds is 6. The maximum absolute atomic E-state index is 13.5. The van der Waals surface area contributed by atoms with E-state index in [4.69, 9.17) is 4.74 Å². The van der Waals surface area contributed by atoms with E-state index in [0.29, 0.717) is 4.96 Å². The molecule has 1 atom stereocenters. The zero-order valence-electron chi connectivity index (χ0n) is 12.4. The number of ether oxygens (including phenoxy) is 1. The summed E-state index contributed by atoms with van der Waals surface area (Å²) >= 11 is 1.27. The number of nitro groups is 1. The van der Waals surface area contributed by atoms with E-state index in [0.717, 1.165) is 12.1 Å². The monoisotopic (exact) mass is 354 g/mol. The predicted molar refractivity (Wildman–Crippen MR) is 84.7 cm³/mol. The second kappa shape index (κ2) is 6.40. The topological polar surface area (TPSA) is 81.7 Å². The van der Waals surface area contributed by atoms with Crippen LogP contribution in [0.2, 0.25) is 0 Å². The van der Waals surface area contributed by atoms with Crippen molar-refractivity contribution in [3.63, 3.8) is 0 Å². The van der Waals surface area contributed by atoms with Gasteiger partial charge in [0.2, 0.25) is 5.82 Å². The van der Waals surface area contributed by atoms with Crippen LogP contribution in [0.1, 0.15) is 6.92 Å². The Labute approximate surface area is 138 Å². The largest absolute Gasteiger partial charge is 0.488 e. The number of hydrogen-bond donors (Lipinski definition) is 1. The van der Waals surface area contributed by atoms with Crippen LogP contribution in [0, 0.1) is 21.7 Å². The fourth-order valence-electron chi connectivity index (χ4n) is 2.13. The molecule has 3 rings (SSSR count). The molecule has 0 saturated carbocycles. The summed E-state index contributed by atoms with van der Waals surface area (Å²) in [4.78, 5) is 15.4. The molecule has 0 aliphatic rings. The first-order valence-electron chi connectivity index (χ1n) is 6.90. The second-order valence-corrected chi connectivity index (χ2v) is 5.90. The van der Waals surface area contributed by atoms with Gasteiger partial charge in [0.15, 0.2) is 11.6 Å². The predicted octanol–water partition coefficient (Wildman–Crippen LogP) is 3.46. The minimum absolute atomic E-state index is 0.0187. The molecule has 7 nitrogen and oxygen atoms in total. The number of fused-ring (bicyclic) bond motifs is 1. The number of aromatic nitrogens is 2. The van der Waals surface area contributed by atoms with Crippen molar-refractivity contribution < 1.29 is 18.4 Å². The van der Waals surface area contributed by atoms with Crippen molar-refractivity contribution in [2.45, 2.75) is 13.0 Å². The highest BCUT2D eigenvalue weighted by Crippen LogP contribution is 2.28. The zero-order valence-corrected chi connectivity index (χ0v) is 13.2. The number of halogens is 2. The van der Waals surface area contributed by atoms with E-state index < -0.39 is 22.6 Å². The summed E-state index contributed by atoms with van der Waals surface area (Å²) in [5, 5.41) is 15.8. The standard InChI is InChI=1S/C14H12F2N4O3S/c1-8(7-23-11-3-2-9(15)6-10(11)16)17-12-13(20(21)22)19-4-5-24-14(19)18-12/h2-6,8,17H,7H2,1H3. The highest BCUT2D eigenvalue weighted by molar-refractivity contribution is 7.15. The van der Waals surface area contributed by atoms with Crippen molar-refractivity contribution in [2.75, 3.05) is 11.9 Å². The third kappa shape index (κ3) is 3.13. The van der Waals surface area contributed by atoms with Gasteiger partial charge in [0, 0.05) is 11.4 Å². The molecule has 0 spiro atoms. The van der Waals surface area contributed by atoms with E-state index in [1.165, 1.54) is 21.8 Å². The smallest absolute Gasteiger partial charge is 0.372 e. The van der Waals surface area contributed by atoms with Gasteiger partial charge in [-0.15, -0.1) is 0 Å². The van der Waals surface area contributed by atoms with Crippen molar-refractivity contribution in [3.05, 3.63) is 51.5 Å². The molecule has 10 heteroatoms. The Bertz CT molecular complexity index is 895. The number of hydrogen-bond acceptors (Lipinski definition) is 6. The number of nitrogens with zero attached hydrogens (tertiary/aromatic N) is 3. The lowest BCUT2D eigenvalue weighted by molar-refractivity contribution is -0.389. The van der Waals surface area contributed by atoms with Crippen LogP contribution in [0.25, 0.3) is 4.96 Å². The summed E-state index contributed by atoms with van der Waals surface area (Å²) in [6, 6.07) is 2.61. The van der Waals surface area contributed by atoms with Crippen LogP contribution >= 0.6 is 11.3 Å². The molecule has 3 aromatic rings. The van der Waals surface area contributed by atoms with Crippen molar-refractivity contribution in [1.82, 2.24) is 9.38 Å². The quantitative estimate of drug-likeness (QED) is 0.541. The Kier molecular flexibility index (Phi) is 4.30.